The fourth-order valence-electron chi connectivity index (χ4n) is 2.08. The zero-order chi connectivity index (χ0) is 12.1. The zero-order valence-corrected chi connectivity index (χ0v) is 9.98. The highest BCUT2D eigenvalue weighted by molar-refractivity contribution is 5.75. The summed E-state index contributed by atoms with van der Waals surface area (Å²) in [7, 11) is 3.45. The van der Waals surface area contributed by atoms with Gasteiger partial charge in [-0.15, -0.1) is 0 Å². The summed E-state index contributed by atoms with van der Waals surface area (Å²) >= 11 is 0. The molecule has 1 aliphatic rings. The lowest BCUT2D eigenvalue weighted by Crippen LogP contribution is -2.44. The molecule has 0 aliphatic heterocycles. The molecular formula is C11H20N2O3. The number of hydrogen-bond acceptors (Lipinski definition) is 2. The van der Waals surface area contributed by atoms with Crippen LogP contribution in [0.4, 0.5) is 4.79 Å². The van der Waals surface area contributed by atoms with Gasteiger partial charge in [0.2, 0.25) is 0 Å². The van der Waals surface area contributed by atoms with Crippen molar-refractivity contribution < 1.29 is 14.7 Å². The summed E-state index contributed by atoms with van der Waals surface area (Å²) in [6.45, 7) is 0.269. The molecule has 0 atom stereocenters. The summed E-state index contributed by atoms with van der Waals surface area (Å²) in [5, 5.41) is 8.54. The second-order valence-electron chi connectivity index (χ2n) is 4.40. The average Bonchev–Trinajstić information content (AvgIpc) is 2.77. The van der Waals surface area contributed by atoms with Gasteiger partial charge >= 0.3 is 12.0 Å². The Labute approximate surface area is 96.0 Å². The number of carboxylic acid groups (broad SMARTS) is 1. The molecule has 1 saturated carbocycles. The Bertz CT molecular complexity index is 262. The molecule has 5 heteroatoms. The maximum Gasteiger partial charge on any atom is 0.319 e. The van der Waals surface area contributed by atoms with Crippen LogP contribution < -0.4 is 0 Å². The molecule has 0 unspecified atom stereocenters. The van der Waals surface area contributed by atoms with Crippen LogP contribution >= 0.6 is 0 Å². The molecule has 1 aliphatic carbocycles. The van der Waals surface area contributed by atoms with Gasteiger partial charge in [-0.3, -0.25) is 4.79 Å². The second kappa shape index (κ2) is 5.72. The number of rotatable bonds is 4. The van der Waals surface area contributed by atoms with Crippen LogP contribution in [0.2, 0.25) is 0 Å². The Morgan fingerprint density at radius 2 is 1.81 bits per heavy atom. The van der Waals surface area contributed by atoms with Crippen LogP contribution in [0.25, 0.3) is 0 Å². The van der Waals surface area contributed by atoms with E-state index in [4.69, 9.17) is 5.11 Å². The van der Waals surface area contributed by atoms with Crippen LogP contribution in [0.1, 0.15) is 32.1 Å². The van der Waals surface area contributed by atoms with Gasteiger partial charge in [0.15, 0.2) is 0 Å². The van der Waals surface area contributed by atoms with Crippen LogP contribution in [0.5, 0.6) is 0 Å². The average molecular weight is 228 g/mol. The first-order valence-corrected chi connectivity index (χ1v) is 5.72. The number of nitrogens with zero attached hydrogens (tertiary/aromatic N) is 2. The number of amides is 2. The smallest absolute Gasteiger partial charge is 0.319 e. The molecule has 1 fully saturated rings. The molecule has 1 N–H and O–H groups in total. The molecule has 0 heterocycles. The van der Waals surface area contributed by atoms with Gasteiger partial charge in [-0.05, 0) is 12.8 Å². The van der Waals surface area contributed by atoms with E-state index < -0.39 is 5.97 Å². The van der Waals surface area contributed by atoms with E-state index in [2.05, 4.69) is 0 Å². The van der Waals surface area contributed by atoms with Gasteiger partial charge in [0, 0.05) is 26.7 Å². The maximum absolute atomic E-state index is 11.9. The van der Waals surface area contributed by atoms with Gasteiger partial charge in [0.25, 0.3) is 0 Å². The maximum atomic E-state index is 11.9. The highest BCUT2D eigenvalue weighted by Crippen LogP contribution is 2.22. The Kier molecular flexibility index (Phi) is 4.58. The molecule has 2 amide bonds. The largest absolute Gasteiger partial charge is 0.481 e. The van der Waals surface area contributed by atoms with Crippen molar-refractivity contribution in [2.24, 2.45) is 0 Å². The molecule has 0 aromatic heterocycles. The number of carbonyl (C=O) groups excluding carboxylic acids is 1. The molecule has 0 spiro atoms. The van der Waals surface area contributed by atoms with E-state index in [1.54, 1.807) is 19.0 Å². The number of carbonyl (C=O) groups is 2. The van der Waals surface area contributed by atoms with E-state index in [0.717, 1.165) is 12.8 Å². The van der Waals surface area contributed by atoms with Gasteiger partial charge in [-0.25, -0.2) is 4.79 Å². The Balaban J connectivity index is 2.39. The third kappa shape index (κ3) is 3.40. The molecule has 0 aromatic carbocycles. The predicted octanol–water partition coefficient (Wildman–Crippen LogP) is 1.39. The molecule has 5 nitrogen and oxygen atoms in total. The topological polar surface area (TPSA) is 60.9 Å². The third-order valence-corrected chi connectivity index (χ3v) is 3.16. The minimum atomic E-state index is -0.872. The molecule has 0 bridgehead atoms. The van der Waals surface area contributed by atoms with Crippen molar-refractivity contribution in [2.45, 2.75) is 38.1 Å². The van der Waals surface area contributed by atoms with E-state index in [-0.39, 0.29) is 19.0 Å². The van der Waals surface area contributed by atoms with E-state index in [1.807, 2.05) is 0 Å². The van der Waals surface area contributed by atoms with E-state index in [0.29, 0.717) is 6.04 Å². The summed E-state index contributed by atoms with van der Waals surface area (Å²) in [5.74, 6) is -0.872. The van der Waals surface area contributed by atoms with Crippen molar-refractivity contribution in [1.82, 2.24) is 9.80 Å². The fraction of sp³-hybridized carbons (Fsp3) is 0.818. The molecule has 16 heavy (non-hydrogen) atoms. The lowest BCUT2D eigenvalue weighted by atomic mass is 10.2. The number of urea groups is 1. The van der Waals surface area contributed by atoms with E-state index in [1.165, 1.54) is 17.7 Å². The lowest BCUT2D eigenvalue weighted by molar-refractivity contribution is -0.137. The minimum absolute atomic E-state index is 0.000741. The molecule has 92 valence electrons. The van der Waals surface area contributed by atoms with Crippen molar-refractivity contribution in [1.29, 1.82) is 0 Å². The summed E-state index contributed by atoms with van der Waals surface area (Å²) in [5.41, 5.74) is 0. The normalized spacial score (nSPS) is 16.1. The van der Waals surface area contributed by atoms with Crippen molar-refractivity contribution in [2.75, 3.05) is 20.6 Å². The van der Waals surface area contributed by atoms with Crippen LogP contribution in [0, 0.1) is 0 Å². The van der Waals surface area contributed by atoms with Gasteiger partial charge < -0.3 is 14.9 Å². The molecular weight excluding hydrogens is 208 g/mol. The highest BCUT2D eigenvalue weighted by atomic mass is 16.4. The number of aliphatic carboxylic acids is 1. The van der Waals surface area contributed by atoms with Gasteiger partial charge in [-0.2, -0.15) is 0 Å². The van der Waals surface area contributed by atoms with Crippen LogP contribution in [-0.2, 0) is 4.79 Å². The van der Waals surface area contributed by atoms with E-state index in [9.17, 15) is 9.59 Å². The summed E-state index contributed by atoms with van der Waals surface area (Å²) in [4.78, 5) is 25.5. The van der Waals surface area contributed by atoms with Crippen molar-refractivity contribution in [3.8, 4) is 0 Å². The van der Waals surface area contributed by atoms with Crippen LogP contribution in [0.3, 0.4) is 0 Å². The highest BCUT2D eigenvalue weighted by Gasteiger charge is 2.25. The molecule has 0 radical (unpaired) electrons. The first kappa shape index (κ1) is 12.8. The number of hydrogen-bond donors (Lipinski definition) is 1. The lowest BCUT2D eigenvalue weighted by Gasteiger charge is -2.29. The van der Waals surface area contributed by atoms with Crippen molar-refractivity contribution in [3.05, 3.63) is 0 Å². The summed E-state index contributed by atoms with van der Waals surface area (Å²) in [6.07, 6.45) is 4.49. The van der Waals surface area contributed by atoms with Gasteiger partial charge in [0.05, 0.1) is 6.42 Å². The monoisotopic (exact) mass is 228 g/mol. The first-order chi connectivity index (χ1) is 7.52. The van der Waals surface area contributed by atoms with Gasteiger partial charge in [-0.1, -0.05) is 12.8 Å². The second-order valence-corrected chi connectivity index (χ2v) is 4.40. The fourth-order valence-corrected chi connectivity index (χ4v) is 2.08. The van der Waals surface area contributed by atoms with E-state index >= 15 is 0 Å². The first-order valence-electron chi connectivity index (χ1n) is 5.72. The quantitative estimate of drug-likeness (QED) is 0.791. The third-order valence-electron chi connectivity index (χ3n) is 3.16. The zero-order valence-electron chi connectivity index (χ0n) is 9.98. The SMILES string of the molecule is CN(CCC(=O)O)C(=O)N(C)C1CCCC1. The number of carboxylic acids is 1. The van der Waals surface area contributed by atoms with Crippen molar-refractivity contribution >= 4 is 12.0 Å². The van der Waals surface area contributed by atoms with Crippen LogP contribution in [-0.4, -0.2) is 53.6 Å². The summed E-state index contributed by atoms with van der Waals surface area (Å²) in [6, 6.07) is 0.257. The minimum Gasteiger partial charge on any atom is -0.481 e. The molecule has 0 aromatic rings. The van der Waals surface area contributed by atoms with Gasteiger partial charge in [0.1, 0.15) is 0 Å². The predicted molar refractivity (Wildman–Crippen MR) is 60.3 cm³/mol. The standard InChI is InChI=1S/C11H20N2O3/c1-12(8-7-10(14)15)11(16)13(2)9-5-3-4-6-9/h9H,3-8H2,1-2H3,(H,14,15). The van der Waals surface area contributed by atoms with Crippen LogP contribution in [0.15, 0.2) is 0 Å². The Morgan fingerprint density at radius 1 is 1.25 bits per heavy atom. The Hall–Kier alpha value is -1.26. The van der Waals surface area contributed by atoms with Crippen molar-refractivity contribution in [3.63, 3.8) is 0 Å². The summed E-state index contributed by atoms with van der Waals surface area (Å²) < 4.78 is 0. The molecule has 1 rings (SSSR count). The molecule has 0 saturated heterocycles. The Morgan fingerprint density at radius 3 is 2.31 bits per heavy atom.